The Kier molecular flexibility index (Phi) is 7.02. The highest BCUT2D eigenvalue weighted by atomic mass is 32.2. The molecule has 1 saturated heterocycles. The first-order chi connectivity index (χ1) is 15.4. The third-order valence-corrected chi connectivity index (χ3v) is 8.34. The van der Waals surface area contributed by atoms with E-state index in [9.17, 15) is 13.2 Å². The van der Waals surface area contributed by atoms with Crippen LogP contribution in [0.15, 0.2) is 45.1 Å². The summed E-state index contributed by atoms with van der Waals surface area (Å²) < 4.78 is 33.2. The second-order valence-electron chi connectivity index (χ2n) is 7.84. The lowest BCUT2D eigenvalue weighted by molar-refractivity contribution is -0.116. The Morgan fingerprint density at radius 2 is 1.97 bits per heavy atom. The largest absolute Gasteiger partial charge is 0.339 e. The number of nitrogens with zero attached hydrogens (tertiary/aromatic N) is 3. The Bertz CT molecular complexity index is 1160. The van der Waals surface area contributed by atoms with Crippen LogP contribution in [0, 0.1) is 6.92 Å². The summed E-state index contributed by atoms with van der Waals surface area (Å²) in [5.74, 6) is 0.650. The molecular formula is C22H26N4O4S2. The topological polar surface area (TPSA) is 105 Å². The molecule has 1 fully saturated rings. The molecule has 8 nitrogen and oxygen atoms in total. The molecule has 10 heteroatoms. The molecule has 0 spiro atoms. The summed E-state index contributed by atoms with van der Waals surface area (Å²) in [6.45, 7) is 2.85. The summed E-state index contributed by atoms with van der Waals surface area (Å²) >= 11 is 1.51. The van der Waals surface area contributed by atoms with Crippen LogP contribution in [-0.4, -0.2) is 41.9 Å². The van der Waals surface area contributed by atoms with E-state index >= 15 is 0 Å². The van der Waals surface area contributed by atoms with Gasteiger partial charge in [-0.05, 0) is 48.9 Å². The molecule has 0 atom stereocenters. The SMILES string of the molecule is Cc1ccc(NC(=O)CCc2nc(-c3cccs3)no2)cc1S(=O)(=O)N1CCCCCC1. The van der Waals surface area contributed by atoms with Crippen molar-refractivity contribution in [1.29, 1.82) is 0 Å². The van der Waals surface area contributed by atoms with E-state index in [2.05, 4.69) is 15.5 Å². The Balaban J connectivity index is 1.40. The van der Waals surface area contributed by atoms with Crippen LogP contribution in [-0.2, 0) is 21.2 Å². The van der Waals surface area contributed by atoms with Crippen molar-refractivity contribution in [2.75, 3.05) is 18.4 Å². The summed E-state index contributed by atoms with van der Waals surface area (Å²) in [6, 6.07) is 8.81. The Labute approximate surface area is 191 Å². The molecule has 0 unspecified atom stereocenters. The molecule has 1 amide bonds. The van der Waals surface area contributed by atoms with E-state index in [0.717, 1.165) is 30.6 Å². The molecule has 0 saturated carbocycles. The fourth-order valence-electron chi connectivity index (χ4n) is 3.68. The van der Waals surface area contributed by atoms with Crippen molar-refractivity contribution in [3.63, 3.8) is 0 Å². The Morgan fingerprint density at radius 3 is 2.69 bits per heavy atom. The molecule has 1 aliphatic rings. The highest BCUT2D eigenvalue weighted by molar-refractivity contribution is 7.89. The molecule has 0 aliphatic carbocycles. The minimum absolute atomic E-state index is 0.147. The molecule has 3 aromatic rings. The van der Waals surface area contributed by atoms with E-state index in [4.69, 9.17) is 4.52 Å². The standard InChI is InChI=1S/C22H26N4O4S2/c1-16-8-9-17(15-19(16)32(28,29)26-12-4-2-3-5-13-26)23-20(27)10-11-21-24-22(25-30-21)18-7-6-14-31-18/h6-9,14-15H,2-5,10-13H2,1H3,(H,23,27). The van der Waals surface area contributed by atoms with E-state index in [1.54, 1.807) is 29.4 Å². The average Bonchev–Trinajstić information content (AvgIpc) is 3.39. The van der Waals surface area contributed by atoms with E-state index < -0.39 is 10.0 Å². The predicted octanol–water partition coefficient (Wildman–Crippen LogP) is 4.24. The smallest absolute Gasteiger partial charge is 0.243 e. The highest BCUT2D eigenvalue weighted by Crippen LogP contribution is 2.26. The summed E-state index contributed by atoms with van der Waals surface area (Å²) in [4.78, 5) is 17.9. The number of anilines is 1. The van der Waals surface area contributed by atoms with Gasteiger partial charge < -0.3 is 9.84 Å². The molecule has 1 aromatic carbocycles. The van der Waals surface area contributed by atoms with Gasteiger partial charge in [-0.15, -0.1) is 11.3 Å². The molecular weight excluding hydrogens is 448 g/mol. The van der Waals surface area contributed by atoms with Crippen molar-refractivity contribution in [3.8, 4) is 10.7 Å². The van der Waals surface area contributed by atoms with Crippen LogP contribution in [0.5, 0.6) is 0 Å². The van der Waals surface area contributed by atoms with Gasteiger partial charge in [0, 0.05) is 31.6 Å². The van der Waals surface area contributed by atoms with Gasteiger partial charge in [-0.2, -0.15) is 9.29 Å². The molecule has 1 aliphatic heterocycles. The Hall–Kier alpha value is -2.56. The van der Waals surface area contributed by atoms with E-state index in [1.165, 1.54) is 11.3 Å². The number of benzene rings is 1. The number of hydrogen-bond acceptors (Lipinski definition) is 7. The van der Waals surface area contributed by atoms with Gasteiger partial charge in [-0.3, -0.25) is 4.79 Å². The van der Waals surface area contributed by atoms with Crippen molar-refractivity contribution < 1.29 is 17.7 Å². The summed E-state index contributed by atoms with van der Waals surface area (Å²) in [7, 11) is -3.60. The monoisotopic (exact) mass is 474 g/mol. The molecule has 1 N–H and O–H groups in total. The molecule has 0 radical (unpaired) electrons. The van der Waals surface area contributed by atoms with Crippen LogP contribution >= 0.6 is 11.3 Å². The van der Waals surface area contributed by atoms with Crippen molar-refractivity contribution >= 4 is 33.0 Å². The maximum atomic E-state index is 13.2. The lowest BCUT2D eigenvalue weighted by Gasteiger charge is -2.21. The first-order valence-corrected chi connectivity index (χ1v) is 13.0. The van der Waals surface area contributed by atoms with Crippen molar-refractivity contribution in [2.45, 2.75) is 50.3 Å². The second kappa shape index (κ2) is 9.93. The maximum absolute atomic E-state index is 13.2. The summed E-state index contributed by atoms with van der Waals surface area (Å²) in [6.07, 6.45) is 4.30. The van der Waals surface area contributed by atoms with Crippen molar-refractivity contribution in [1.82, 2.24) is 14.4 Å². The first kappa shape index (κ1) is 22.6. The van der Waals surface area contributed by atoms with Gasteiger partial charge in [0.25, 0.3) is 0 Å². The molecule has 32 heavy (non-hydrogen) atoms. The predicted molar refractivity (Wildman–Crippen MR) is 123 cm³/mol. The van der Waals surface area contributed by atoms with Gasteiger partial charge in [0.2, 0.25) is 27.6 Å². The number of thiophene rings is 1. The van der Waals surface area contributed by atoms with Gasteiger partial charge >= 0.3 is 0 Å². The zero-order chi connectivity index (χ0) is 22.6. The van der Waals surface area contributed by atoms with Crippen LogP contribution in [0.3, 0.4) is 0 Å². The number of amides is 1. The fourth-order valence-corrected chi connectivity index (χ4v) is 6.10. The number of aromatic nitrogens is 2. The average molecular weight is 475 g/mol. The number of carbonyl (C=O) groups is 1. The molecule has 4 rings (SSSR count). The summed E-state index contributed by atoms with van der Waals surface area (Å²) in [5, 5.41) is 8.67. The van der Waals surface area contributed by atoms with Gasteiger partial charge in [-0.25, -0.2) is 8.42 Å². The minimum atomic E-state index is -3.60. The van der Waals surface area contributed by atoms with Crippen LogP contribution in [0.4, 0.5) is 5.69 Å². The van der Waals surface area contributed by atoms with Crippen molar-refractivity contribution in [2.24, 2.45) is 0 Å². The minimum Gasteiger partial charge on any atom is -0.339 e. The zero-order valence-electron chi connectivity index (χ0n) is 17.9. The zero-order valence-corrected chi connectivity index (χ0v) is 19.5. The molecule has 0 bridgehead atoms. The third kappa shape index (κ3) is 5.25. The first-order valence-electron chi connectivity index (χ1n) is 10.7. The number of hydrogen-bond donors (Lipinski definition) is 1. The lowest BCUT2D eigenvalue weighted by atomic mass is 10.2. The van der Waals surface area contributed by atoms with Crippen LogP contribution in [0.2, 0.25) is 0 Å². The fraction of sp³-hybridized carbons (Fsp3) is 0.409. The van der Waals surface area contributed by atoms with Crippen LogP contribution < -0.4 is 5.32 Å². The number of aryl methyl sites for hydroxylation is 2. The summed E-state index contributed by atoms with van der Waals surface area (Å²) in [5.41, 5.74) is 1.12. The molecule has 2 aromatic heterocycles. The Morgan fingerprint density at radius 1 is 1.19 bits per heavy atom. The van der Waals surface area contributed by atoms with Gasteiger partial charge in [0.15, 0.2) is 0 Å². The van der Waals surface area contributed by atoms with Gasteiger partial charge in [0.05, 0.1) is 9.77 Å². The van der Waals surface area contributed by atoms with Crippen molar-refractivity contribution in [3.05, 3.63) is 47.2 Å². The van der Waals surface area contributed by atoms with Gasteiger partial charge in [0.1, 0.15) is 0 Å². The number of carbonyl (C=O) groups excluding carboxylic acids is 1. The lowest BCUT2D eigenvalue weighted by Crippen LogP contribution is -2.32. The third-order valence-electron chi connectivity index (χ3n) is 5.43. The quantitative estimate of drug-likeness (QED) is 0.549. The normalized spacial score (nSPS) is 15.4. The van der Waals surface area contributed by atoms with Crippen LogP contribution in [0.1, 0.15) is 43.6 Å². The highest BCUT2D eigenvalue weighted by Gasteiger charge is 2.27. The number of rotatable bonds is 7. The number of nitrogens with one attached hydrogen (secondary N) is 1. The maximum Gasteiger partial charge on any atom is 0.243 e. The van der Waals surface area contributed by atoms with E-state index in [-0.39, 0.29) is 17.2 Å². The van der Waals surface area contributed by atoms with E-state index in [1.807, 2.05) is 17.5 Å². The van der Waals surface area contributed by atoms with Crippen LogP contribution in [0.25, 0.3) is 10.7 Å². The van der Waals surface area contributed by atoms with E-state index in [0.29, 0.717) is 42.5 Å². The number of sulfonamides is 1. The molecule has 3 heterocycles. The van der Waals surface area contributed by atoms with Gasteiger partial charge in [-0.1, -0.05) is 30.1 Å². The second-order valence-corrected chi connectivity index (χ2v) is 10.7. The molecule has 170 valence electrons.